The molecular formula is C24H42O21. The summed E-state index contributed by atoms with van der Waals surface area (Å²) in [4.78, 5) is 0. The molecule has 15 N–H and O–H groups in total. The summed E-state index contributed by atoms with van der Waals surface area (Å²) in [7, 11) is 0. The molecule has 21 heteroatoms. The van der Waals surface area contributed by atoms with Crippen molar-refractivity contribution >= 4 is 0 Å². The van der Waals surface area contributed by atoms with E-state index >= 15 is 0 Å². The zero-order valence-corrected chi connectivity index (χ0v) is 23.4. The van der Waals surface area contributed by atoms with Gasteiger partial charge in [-0.15, -0.1) is 0 Å². The van der Waals surface area contributed by atoms with E-state index in [9.17, 15) is 76.6 Å². The molecule has 0 bridgehead atoms. The molecule has 0 spiro atoms. The first kappa shape index (κ1) is 37.0. The molecule has 3 aliphatic heterocycles. The van der Waals surface area contributed by atoms with Crippen molar-refractivity contribution in [2.45, 2.75) is 129 Å². The van der Waals surface area contributed by atoms with Crippen molar-refractivity contribution in [1.82, 2.24) is 0 Å². The third-order valence-electron chi connectivity index (χ3n) is 8.40. The molecule has 4 aliphatic rings. The quantitative estimate of drug-likeness (QED) is 0.109. The highest BCUT2D eigenvalue weighted by Crippen LogP contribution is 2.31. The van der Waals surface area contributed by atoms with E-state index in [0.29, 0.717) is 0 Å². The average molecular weight is 667 g/mol. The monoisotopic (exact) mass is 666 g/mol. The fourth-order valence-electron chi connectivity index (χ4n) is 5.46. The first-order chi connectivity index (χ1) is 21.1. The topological polar surface area (TPSA) is 359 Å². The summed E-state index contributed by atoms with van der Waals surface area (Å²) in [5.41, 5.74) is 0. The molecule has 21 nitrogen and oxygen atoms in total. The van der Waals surface area contributed by atoms with Gasteiger partial charge in [0.25, 0.3) is 0 Å². The van der Waals surface area contributed by atoms with Crippen LogP contribution in [0.5, 0.6) is 0 Å². The lowest BCUT2D eigenvalue weighted by molar-refractivity contribution is -0.354. The third kappa shape index (κ3) is 7.44. The fraction of sp³-hybridized carbons (Fsp3) is 1.00. The molecule has 4 fully saturated rings. The first-order valence-corrected chi connectivity index (χ1v) is 14.1. The van der Waals surface area contributed by atoms with Crippen LogP contribution in [0.2, 0.25) is 0 Å². The fourth-order valence-corrected chi connectivity index (χ4v) is 5.46. The van der Waals surface area contributed by atoms with Gasteiger partial charge in [-0.25, -0.2) is 0 Å². The van der Waals surface area contributed by atoms with Crippen LogP contribution in [0.1, 0.15) is 0 Å². The summed E-state index contributed by atoms with van der Waals surface area (Å²) in [5.74, 6) is 0. The second kappa shape index (κ2) is 15.1. The summed E-state index contributed by atoms with van der Waals surface area (Å²) in [6.45, 7) is -2.15. The number of ether oxygens (including phenoxy) is 6. The largest absolute Gasteiger partial charge is 0.394 e. The lowest BCUT2D eigenvalue weighted by Crippen LogP contribution is -2.67. The van der Waals surface area contributed by atoms with Gasteiger partial charge in [-0.1, -0.05) is 0 Å². The minimum atomic E-state index is -2.01. The lowest BCUT2D eigenvalue weighted by Gasteiger charge is -2.46. The van der Waals surface area contributed by atoms with Crippen LogP contribution >= 0.6 is 0 Å². The van der Waals surface area contributed by atoms with Gasteiger partial charge >= 0.3 is 0 Å². The maximum atomic E-state index is 10.4. The standard InChI is InChI=1S/C24H42O21/c25-1-4-7(26)10(29)18(37)22(42-4)40-2-5-8(27)11(30)19(38)23(43-5)41-3-6-9(28)12(31)20(39)24(44-6)45-21-16(35)14(33)13(32)15(34)17(21)36/h4-39H,1-3H2/t4?,5?,6?,7-,8-,9-,10+,11+,12+,13?,14-,15+,16-,17?,18?,19?,20?,21?,22-,23-,24+/m0/s1. The molecule has 0 radical (unpaired) electrons. The minimum absolute atomic E-state index is 0.657. The number of hydrogen-bond donors (Lipinski definition) is 15. The molecule has 9 unspecified atom stereocenters. The highest BCUT2D eigenvalue weighted by Gasteiger charge is 2.53. The van der Waals surface area contributed by atoms with Crippen molar-refractivity contribution in [2.75, 3.05) is 19.8 Å². The lowest BCUT2D eigenvalue weighted by atomic mass is 9.84. The summed E-state index contributed by atoms with van der Waals surface area (Å²) < 4.78 is 32.1. The predicted molar refractivity (Wildman–Crippen MR) is 134 cm³/mol. The number of hydrogen-bond acceptors (Lipinski definition) is 21. The van der Waals surface area contributed by atoms with Crippen molar-refractivity contribution in [3.63, 3.8) is 0 Å². The Morgan fingerprint density at radius 1 is 0.356 bits per heavy atom. The van der Waals surface area contributed by atoms with Crippen LogP contribution in [-0.2, 0) is 28.4 Å². The van der Waals surface area contributed by atoms with Gasteiger partial charge in [-0.2, -0.15) is 0 Å². The summed E-state index contributed by atoms with van der Waals surface area (Å²) in [5, 5.41) is 152. The van der Waals surface area contributed by atoms with Gasteiger partial charge in [0.05, 0.1) is 19.8 Å². The Morgan fingerprint density at radius 2 is 0.667 bits per heavy atom. The maximum Gasteiger partial charge on any atom is 0.187 e. The number of aliphatic hydroxyl groups is 15. The Kier molecular flexibility index (Phi) is 12.5. The van der Waals surface area contributed by atoms with Crippen LogP contribution < -0.4 is 0 Å². The van der Waals surface area contributed by atoms with Crippen LogP contribution in [0.3, 0.4) is 0 Å². The van der Waals surface area contributed by atoms with Crippen LogP contribution in [-0.4, -0.2) is 225 Å². The molecule has 3 saturated heterocycles. The van der Waals surface area contributed by atoms with Gasteiger partial charge in [-0.05, 0) is 0 Å². The minimum Gasteiger partial charge on any atom is -0.394 e. The van der Waals surface area contributed by atoms with Crippen LogP contribution in [0.4, 0.5) is 0 Å². The summed E-state index contributed by atoms with van der Waals surface area (Å²) in [6.07, 6.45) is -38.1. The second-order valence-corrected chi connectivity index (χ2v) is 11.4. The molecular weight excluding hydrogens is 624 g/mol. The van der Waals surface area contributed by atoms with Crippen molar-refractivity contribution < 1.29 is 105 Å². The predicted octanol–water partition coefficient (Wildman–Crippen LogP) is -10.4. The van der Waals surface area contributed by atoms with Crippen molar-refractivity contribution in [3.8, 4) is 0 Å². The zero-order chi connectivity index (χ0) is 33.5. The highest BCUT2D eigenvalue weighted by atomic mass is 16.7. The van der Waals surface area contributed by atoms with Gasteiger partial charge in [0, 0.05) is 0 Å². The van der Waals surface area contributed by atoms with Gasteiger partial charge in [-0.3, -0.25) is 0 Å². The van der Waals surface area contributed by atoms with E-state index in [-0.39, 0.29) is 0 Å². The Hall–Kier alpha value is -0.840. The number of rotatable bonds is 9. The third-order valence-corrected chi connectivity index (χ3v) is 8.40. The SMILES string of the molecule is OCC1O[C@H](OCC2O[C@H](OCC3O[C@H](OC4C(O)[C@H](O)C(O)[C@H](O)[C@@H]4O)C(O)[C@H](O)[C@H]3O)C(O)[C@H](O)[C@H]2O)C(O)[C@H](O)[C@H]1O. The van der Waals surface area contributed by atoms with Crippen LogP contribution in [0.15, 0.2) is 0 Å². The number of aliphatic hydroxyl groups excluding tert-OH is 15. The van der Waals surface area contributed by atoms with E-state index < -0.39 is 149 Å². The van der Waals surface area contributed by atoms with E-state index in [0.717, 1.165) is 0 Å². The van der Waals surface area contributed by atoms with Crippen molar-refractivity contribution in [2.24, 2.45) is 0 Å². The van der Waals surface area contributed by atoms with Crippen LogP contribution in [0, 0.1) is 0 Å². The summed E-state index contributed by atoms with van der Waals surface area (Å²) in [6, 6.07) is 0. The van der Waals surface area contributed by atoms with Gasteiger partial charge in [0.15, 0.2) is 18.9 Å². The maximum absolute atomic E-state index is 10.4. The smallest absolute Gasteiger partial charge is 0.187 e. The van der Waals surface area contributed by atoms with E-state index in [4.69, 9.17) is 28.4 Å². The average Bonchev–Trinajstić information content (AvgIpc) is 3.03. The molecule has 3 heterocycles. The molecule has 21 atom stereocenters. The Labute approximate surface area is 254 Å². The first-order valence-electron chi connectivity index (χ1n) is 14.1. The molecule has 0 aromatic rings. The highest BCUT2D eigenvalue weighted by molar-refractivity contribution is 5.01. The van der Waals surface area contributed by atoms with E-state index in [1.165, 1.54) is 0 Å². The van der Waals surface area contributed by atoms with Crippen molar-refractivity contribution in [1.29, 1.82) is 0 Å². The van der Waals surface area contributed by atoms with Crippen LogP contribution in [0.25, 0.3) is 0 Å². The van der Waals surface area contributed by atoms with E-state index in [1.807, 2.05) is 0 Å². The molecule has 4 rings (SSSR count). The molecule has 45 heavy (non-hydrogen) atoms. The zero-order valence-electron chi connectivity index (χ0n) is 23.4. The van der Waals surface area contributed by atoms with E-state index in [2.05, 4.69) is 0 Å². The van der Waals surface area contributed by atoms with E-state index in [1.54, 1.807) is 0 Å². The van der Waals surface area contributed by atoms with Gasteiger partial charge in [0.2, 0.25) is 0 Å². The molecule has 264 valence electrons. The Bertz CT molecular complexity index is 915. The molecule has 1 aliphatic carbocycles. The molecule has 1 saturated carbocycles. The molecule has 0 aromatic heterocycles. The molecule has 0 aromatic carbocycles. The Balaban J connectivity index is 1.38. The molecule has 0 amide bonds. The normalized spacial score (nSPS) is 54.6. The second-order valence-electron chi connectivity index (χ2n) is 11.4. The van der Waals surface area contributed by atoms with Gasteiger partial charge in [0.1, 0.15) is 110 Å². The van der Waals surface area contributed by atoms with Crippen molar-refractivity contribution in [3.05, 3.63) is 0 Å². The van der Waals surface area contributed by atoms with Gasteiger partial charge < -0.3 is 105 Å². The Morgan fingerprint density at radius 3 is 1.09 bits per heavy atom. The summed E-state index contributed by atoms with van der Waals surface area (Å²) >= 11 is 0.